The molecule has 2 N–H and O–H groups in total. The Kier molecular flexibility index (Phi) is 6.23. The van der Waals surface area contributed by atoms with Gasteiger partial charge in [-0.15, -0.1) is 12.4 Å². The van der Waals surface area contributed by atoms with Gasteiger partial charge in [-0.1, -0.05) is 23.2 Å². The second-order valence-electron chi connectivity index (χ2n) is 5.17. The average Bonchev–Trinajstić information content (AvgIpc) is 3.04. The van der Waals surface area contributed by atoms with E-state index in [0.29, 0.717) is 5.02 Å². The standard InChI is InChI=1S/C15H13Cl2N3O3.ClH/c16-9-4-10-13(21)8(7-23-14(10)11(17)5-9)6-19-20-15(22)12-2-1-3-18-12;/h4-7,12,18H,1-3H2,(H,20,22);1H/b19-6+;. The van der Waals surface area contributed by atoms with Crippen LogP contribution in [0.5, 0.6) is 0 Å². The van der Waals surface area contributed by atoms with Crippen molar-refractivity contribution in [2.75, 3.05) is 6.54 Å². The van der Waals surface area contributed by atoms with Crippen LogP contribution in [0, 0.1) is 0 Å². The van der Waals surface area contributed by atoms with Gasteiger partial charge in [-0.05, 0) is 31.5 Å². The number of nitrogens with zero attached hydrogens (tertiary/aromatic N) is 1. The smallest absolute Gasteiger partial charge is 0.257 e. The normalized spacial score (nSPS) is 17.2. The zero-order valence-corrected chi connectivity index (χ0v) is 14.7. The lowest BCUT2D eigenvalue weighted by Crippen LogP contribution is -2.38. The van der Waals surface area contributed by atoms with E-state index in [0.717, 1.165) is 19.4 Å². The molecule has 1 atom stereocenters. The first-order valence-electron chi connectivity index (χ1n) is 7.03. The second kappa shape index (κ2) is 7.98. The van der Waals surface area contributed by atoms with Crippen molar-refractivity contribution in [2.45, 2.75) is 18.9 Å². The molecule has 0 aliphatic carbocycles. The van der Waals surface area contributed by atoms with Gasteiger partial charge in [0.25, 0.3) is 5.91 Å². The van der Waals surface area contributed by atoms with Crippen LogP contribution in [0.2, 0.25) is 10.0 Å². The minimum Gasteiger partial charge on any atom is -0.462 e. The van der Waals surface area contributed by atoms with Gasteiger partial charge >= 0.3 is 0 Å². The Bertz CT molecular complexity index is 845. The number of hydrogen-bond donors (Lipinski definition) is 2. The number of fused-ring (bicyclic) bond motifs is 1. The fourth-order valence-corrected chi connectivity index (χ4v) is 2.96. The molecule has 1 aliphatic heterocycles. The summed E-state index contributed by atoms with van der Waals surface area (Å²) in [5.74, 6) is -0.227. The van der Waals surface area contributed by atoms with Crippen molar-refractivity contribution < 1.29 is 9.21 Å². The summed E-state index contributed by atoms with van der Waals surface area (Å²) in [6, 6.07) is 2.74. The van der Waals surface area contributed by atoms with E-state index in [1.165, 1.54) is 24.6 Å². The molecule has 2 heterocycles. The highest BCUT2D eigenvalue weighted by molar-refractivity contribution is 6.38. The van der Waals surface area contributed by atoms with Gasteiger partial charge in [-0.3, -0.25) is 9.59 Å². The van der Waals surface area contributed by atoms with Crippen LogP contribution in [0.3, 0.4) is 0 Å². The Morgan fingerprint density at radius 2 is 2.21 bits per heavy atom. The molecule has 1 unspecified atom stereocenters. The van der Waals surface area contributed by atoms with Crippen LogP contribution in [0.25, 0.3) is 11.0 Å². The SMILES string of the molecule is Cl.O=C(N/N=C/c1coc2c(Cl)cc(Cl)cc2c1=O)C1CCCN1. The van der Waals surface area contributed by atoms with E-state index in [1.54, 1.807) is 0 Å². The summed E-state index contributed by atoms with van der Waals surface area (Å²) in [5.41, 5.74) is 2.53. The minimum atomic E-state index is -0.326. The molecule has 0 radical (unpaired) electrons. The first-order valence-corrected chi connectivity index (χ1v) is 7.78. The van der Waals surface area contributed by atoms with Crippen molar-refractivity contribution >= 4 is 58.7 Å². The van der Waals surface area contributed by atoms with Gasteiger partial charge in [0.2, 0.25) is 5.43 Å². The molecule has 24 heavy (non-hydrogen) atoms. The van der Waals surface area contributed by atoms with Crippen molar-refractivity contribution in [1.82, 2.24) is 10.7 Å². The molecule has 6 nitrogen and oxygen atoms in total. The van der Waals surface area contributed by atoms with Crippen LogP contribution in [0.15, 0.2) is 32.7 Å². The van der Waals surface area contributed by atoms with Crippen molar-refractivity contribution in [2.24, 2.45) is 5.10 Å². The molecule has 0 saturated carbocycles. The molecule has 128 valence electrons. The van der Waals surface area contributed by atoms with E-state index in [9.17, 15) is 9.59 Å². The minimum absolute atomic E-state index is 0. The summed E-state index contributed by atoms with van der Waals surface area (Å²) in [5, 5.41) is 7.72. The third kappa shape index (κ3) is 3.89. The second-order valence-corrected chi connectivity index (χ2v) is 6.01. The van der Waals surface area contributed by atoms with Gasteiger partial charge in [0.15, 0.2) is 5.58 Å². The van der Waals surface area contributed by atoms with Crippen molar-refractivity contribution in [3.8, 4) is 0 Å². The van der Waals surface area contributed by atoms with Gasteiger partial charge in [0, 0.05) is 5.02 Å². The van der Waals surface area contributed by atoms with Crippen LogP contribution < -0.4 is 16.2 Å². The lowest BCUT2D eigenvalue weighted by atomic mass is 10.2. The quantitative estimate of drug-likeness (QED) is 0.623. The fourth-order valence-electron chi connectivity index (χ4n) is 2.42. The van der Waals surface area contributed by atoms with E-state index < -0.39 is 0 Å². The fraction of sp³-hybridized carbons (Fsp3) is 0.267. The Morgan fingerprint density at radius 1 is 1.42 bits per heavy atom. The molecule has 2 aromatic rings. The summed E-state index contributed by atoms with van der Waals surface area (Å²) in [7, 11) is 0. The molecular formula is C15H14Cl3N3O3. The Balaban J connectivity index is 0.00000208. The molecule has 1 aromatic carbocycles. The molecule has 1 saturated heterocycles. The molecule has 0 bridgehead atoms. The van der Waals surface area contributed by atoms with Crippen LogP contribution in [0.4, 0.5) is 0 Å². The molecule has 0 spiro atoms. The van der Waals surface area contributed by atoms with Gasteiger partial charge in [-0.2, -0.15) is 5.10 Å². The highest BCUT2D eigenvalue weighted by atomic mass is 35.5. The third-order valence-electron chi connectivity index (χ3n) is 3.57. The number of nitrogens with one attached hydrogen (secondary N) is 2. The van der Waals surface area contributed by atoms with Crippen LogP contribution >= 0.6 is 35.6 Å². The summed E-state index contributed by atoms with van der Waals surface area (Å²) >= 11 is 11.9. The van der Waals surface area contributed by atoms with E-state index in [2.05, 4.69) is 15.8 Å². The number of carbonyl (C=O) groups excluding carboxylic acids is 1. The predicted molar refractivity (Wildman–Crippen MR) is 96.5 cm³/mol. The van der Waals surface area contributed by atoms with Crippen molar-refractivity contribution in [1.29, 1.82) is 0 Å². The maximum atomic E-state index is 12.4. The first-order chi connectivity index (χ1) is 11.1. The van der Waals surface area contributed by atoms with Gasteiger partial charge in [0.1, 0.15) is 6.26 Å². The monoisotopic (exact) mass is 389 g/mol. The van der Waals surface area contributed by atoms with Crippen LogP contribution in [-0.2, 0) is 4.79 Å². The van der Waals surface area contributed by atoms with Crippen molar-refractivity contribution in [3.63, 3.8) is 0 Å². The highest BCUT2D eigenvalue weighted by Gasteiger charge is 2.21. The Morgan fingerprint density at radius 3 is 2.92 bits per heavy atom. The van der Waals surface area contributed by atoms with Gasteiger partial charge in [0.05, 0.1) is 28.2 Å². The number of hydrazone groups is 1. The predicted octanol–water partition coefficient (Wildman–Crippen LogP) is 2.72. The van der Waals surface area contributed by atoms with Crippen LogP contribution in [-0.4, -0.2) is 24.7 Å². The van der Waals surface area contributed by atoms with E-state index in [1.807, 2.05) is 0 Å². The summed E-state index contributed by atoms with van der Waals surface area (Å²) in [6.07, 6.45) is 4.22. The number of halogens is 3. The van der Waals surface area contributed by atoms with E-state index in [-0.39, 0.29) is 51.3 Å². The number of amides is 1. The van der Waals surface area contributed by atoms with Gasteiger partial charge in [-0.25, -0.2) is 5.43 Å². The van der Waals surface area contributed by atoms with Crippen molar-refractivity contribution in [3.05, 3.63) is 44.2 Å². The first kappa shape index (κ1) is 18.7. The molecule has 1 aromatic heterocycles. The van der Waals surface area contributed by atoms with E-state index in [4.69, 9.17) is 27.6 Å². The lowest BCUT2D eigenvalue weighted by Gasteiger charge is -2.06. The lowest BCUT2D eigenvalue weighted by molar-refractivity contribution is -0.122. The topological polar surface area (TPSA) is 83.7 Å². The average molecular weight is 391 g/mol. The molecular weight excluding hydrogens is 377 g/mol. The number of rotatable bonds is 3. The summed E-state index contributed by atoms with van der Waals surface area (Å²) in [6.45, 7) is 0.817. The molecule has 3 rings (SSSR count). The number of benzene rings is 1. The van der Waals surface area contributed by atoms with Crippen LogP contribution in [0.1, 0.15) is 18.4 Å². The number of hydrogen-bond acceptors (Lipinski definition) is 5. The molecule has 1 amide bonds. The number of carbonyl (C=O) groups is 1. The Hall–Kier alpha value is -1.60. The Labute approximate surface area is 153 Å². The molecule has 1 aliphatic rings. The summed E-state index contributed by atoms with van der Waals surface area (Å²) < 4.78 is 5.36. The third-order valence-corrected chi connectivity index (χ3v) is 4.07. The zero-order chi connectivity index (χ0) is 16.4. The summed E-state index contributed by atoms with van der Waals surface area (Å²) in [4.78, 5) is 24.2. The maximum Gasteiger partial charge on any atom is 0.257 e. The molecule has 1 fully saturated rings. The largest absolute Gasteiger partial charge is 0.462 e. The molecule has 9 heteroatoms. The van der Waals surface area contributed by atoms with Gasteiger partial charge < -0.3 is 9.73 Å². The maximum absolute atomic E-state index is 12.4. The zero-order valence-electron chi connectivity index (χ0n) is 12.3. The highest BCUT2D eigenvalue weighted by Crippen LogP contribution is 2.26. The van der Waals surface area contributed by atoms with E-state index >= 15 is 0 Å².